The Balaban J connectivity index is 1.21. The van der Waals surface area contributed by atoms with Gasteiger partial charge in [0.25, 0.3) is 0 Å². The van der Waals surface area contributed by atoms with Gasteiger partial charge in [-0.05, 0) is 61.4 Å². The van der Waals surface area contributed by atoms with E-state index in [1.165, 1.54) is 5.56 Å². The maximum atomic E-state index is 12.7. The first kappa shape index (κ1) is 23.2. The summed E-state index contributed by atoms with van der Waals surface area (Å²) in [5.41, 5.74) is 1.86. The van der Waals surface area contributed by atoms with Gasteiger partial charge in [0.15, 0.2) is 5.82 Å². The molecule has 1 aromatic heterocycles. The molecule has 2 fully saturated rings. The minimum atomic E-state index is -0.263. The van der Waals surface area contributed by atoms with Crippen LogP contribution in [0, 0.1) is 17.3 Å². The first-order valence-corrected chi connectivity index (χ1v) is 12.1. The number of hydrogen-bond donors (Lipinski definition) is 1. The van der Waals surface area contributed by atoms with E-state index >= 15 is 0 Å². The van der Waals surface area contributed by atoms with Gasteiger partial charge >= 0.3 is 0 Å². The molecule has 0 radical (unpaired) electrons. The van der Waals surface area contributed by atoms with Gasteiger partial charge in [0.1, 0.15) is 0 Å². The Morgan fingerprint density at radius 3 is 2.39 bits per heavy atom. The molecule has 4 rings (SSSR count). The second kappa shape index (κ2) is 9.89. The topological polar surface area (TPSA) is 78.4 Å². The summed E-state index contributed by atoms with van der Waals surface area (Å²) in [6.07, 6.45) is 5.63. The molecule has 176 valence electrons. The van der Waals surface area contributed by atoms with Crippen LogP contribution in [0.3, 0.4) is 0 Å². The molecule has 0 bridgehead atoms. The van der Waals surface area contributed by atoms with E-state index in [0.29, 0.717) is 19.0 Å². The van der Waals surface area contributed by atoms with Gasteiger partial charge in [-0.25, -0.2) is 0 Å². The third-order valence-electron chi connectivity index (χ3n) is 7.24. The van der Waals surface area contributed by atoms with E-state index in [9.17, 15) is 9.59 Å². The molecule has 2 saturated heterocycles. The van der Waals surface area contributed by atoms with E-state index in [-0.39, 0.29) is 23.1 Å². The smallest absolute Gasteiger partial charge is 0.231 e. The summed E-state index contributed by atoms with van der Waals surface area (Å²) in [6, 6.07) is 12.0. The summed E-state index contributed by atoms with van der Waals surface area (Å²) in [5, 5.41) is 11.0. The lowest BCUT2D eigenvalue weighted by atomic mass is 9.85. The lowest BCUT2D eigenvalue weighted by Crippen LogP contribution is -2.52. The summed E-state index contributed by atoms with van der Waals surface area (Å²) < 4.78 is 0. The Morgan fingerprint density at radius 1 is 1.09 bits per heavy atom. The number of rotatable bonds is 7. The minimum absolute atomic E-state index is 0.0303. The minimum Gasteiger partial charge on any atom is -0.353 e. The van der Waals surface area contributed by atoms with E-state index < -0.39 is 0 Å². The highest BCUT2D eigenvalue weighted by Crippen LogP contribution is 2.28. The highest BCUT2D eigenvalue weighted by Gasteiger charge is 2.34. The maximum Gasteiger partial charge on any atom is 0.231 e. The van der Waals surface area contributed by atoms with Gasteiger partial charge in [-0.1, -0.05) is 32.9 Å². The number of hydrogen-bond acceptors (Lipinski definition) is 5. The third kappa shape index (κ3) is 5.52. The maximum absolute atomic E-state index is 12.7. The quantitative estimate of drug-likeness (QED) is 0.696. The molecule has 1 N–H and O–H groups in total. The monoisotopic (exact) mass is 449 g/mol. The molecule has 2 aliphatic heterocycles. The van der Waals surface area contributed by atoms with Gasteiger partial charge < -0.3 is 15.1 Å². The number of nitrogens with one attached hydrogen (secondary N) is 1. The van der Waals surface area contributed by atoms with Crippen molar-refractivity contribution in [1.82, 2.24) is 15.1 Å². The van der Waals surface area contributed by atoms with Gasteiger partial charge in [-0.3, -0.25) is 9.59 Å². The Bertz CT molecular complexity index is 946. The summed E-state index contributed by atoms with van der Waals surface area (Å²) in [4.78, 5) is 29.3. The van der Waals surface area contributed by atoms with Crippen LogP contribution in [0.15, 0.2) is 42.6 Å². The largest absolute Gasteiger partial charge is 0.353 e. The first-order valence-electron chi connectivity index (χ1n) is 12.1. The number of anilines is 2. The molecule has 0 aliphatic carbocycles. The molecular weight excluding hydrogens is 414 g/mol. The number of amides is 2. The molecule has 0 atom stereocenters. The molecule has 2 amide bonds. The van der Waals surface area contributed by atoms with Crippen LogP contribution in [-0.4, -0.2) is 53.1 Å². The molecule has 2 aromatic rings. The molecular formula is C26H35N5O2. The first-order chi connectivity index (χ1) is 15.9. The van der Waals surface area contributed by atoms with Crippen molar-refractivity contribution in [1.29, 1.82) is 0 Å². The van der Waals surface area contributed by atoms with Crippen LogP contribution in [0.2, 0.25) is 0 Å². The van der Waals surface area contributed by atoms with Gasteiger partial charge in [-0.15, -0.1) is 5.10 Å². The Labute approximate surface area is 196 Å². The fraction of sp³-hybridized carbons (Fsp3) is 0.538. The van der Waals surface area contributed by atoms with Gasteiger partial charge in [0.2, 0.25) is 11.8 Å². The molecule has 1 aromatic carbocycles. The molecule has 0 spiro atoms. The van der Waals surface area contributed by atoms with Crippen molar-refractivity contribution in [3.63, 3.8) is 0 Å². The van der Waals surface area contributed by atoms with Crippen molar-refractivity contribution in [2.75, 3.05) is 36.4 Å². The number of nitrogens with zero attached hydrogens (tertiary/aromatic N) is 4. The molecule has 33 heavy (non-hydrogen) atoms. The molecule has 7 nitrogen and oxygen atoms in total. The average Bonchev–Trinajstić information content (AvgIpc) is 2.80. The van der Waals surface area contributed by atoms with E-state index in [2.05, 4.69) is 39.5 Å². The van der Waals surface area contributed by atoms with E-state index in [0.717, 1.165) is 50.3 Å². The van der Waals surface area contributed by atoms with Crippen molar-refractivity contribution in [2.24, 2.45) is 17.3 Å². The van der Waals surface area contributed by atoms with Crippen molar-refractivity contribution in [3.05, 3.63) is 48.2 Å². The van der Waals surface area contributed by atoms with Gasteiger partial charge in [-0.2, -0.15) is 5.10 Å². The zero-order valence-electron chi connectivity index (χ0n) is 20.0. The number of likely N-dealkylation sites (tertiary alicyclic amines) is 1. The highest BCUT2D eigenvalue weighted by atomic mass is 16.2. The normalized spacial score (nSPS) is 17.5. The summed E-state index contributed by atoms with van der Waals surface area (Å²) >= 11 is 0. The Morgan fingerprint density at radius 2 is 1.79 bits per heavy atom. The van der Waals surface area contributed by atoms with E-state index in [1.54, 1.807) is 6.20 Å². The predicted molar refractivity (Wildman–Crippen MR) is 130 cm³/mol. The number of aromatic nitrogens is 2. The van der Waals surface area contributed by atoms with Crippen LogP contribution in [0.5, 0.6) is 0 Å². The second-order valence-corrected chi connectivity index (χ2v) is 10.0. The predicted octanol–water partition coefficient (Wildman–Crippen LogP) is 3.77. The number of carbonyl (C=O) groups excluding carboxylic acids is 2. The highest BCUT2D eigenvalue weighted by molar-refractivity contribution is 5.94. The Kier molecular flexibility index (Phi) is 6.96. The molecule has 2 aliphatic rings. The molecule has 7 heteroatoms. The average molecular weight is 450 g/mol. The van der Waals surface area contributed by atoms with Crippen molar-refractivity contribution in [2.45, 2.75) is 46.5 Å². The van der Waals surface area contributed by atoms with Crippen LogP contribution in [0.25, 0.3) is 0 Å². The summed E-state index contributed by atoms with van der Waals surface area (Å²) in [5.74, 6) is 1.72. The fourth-order valence-electron chi connectivity index (χ4n) is 4.51. The standard InChI is InChI=1S/C26H35N5O2/c1-4-26(2,3)25(33)30-14-11-20(12-15-30)16-19-7-9-22(10-8-19)28-24(32)21-17-31(18-21)23-6-5-13-27-29-23/h5-10,13,20-21H,4,11-12,14-18H2,1-3H3,(H,28,32). The summed E-state index contributed by atoms with van der Waals surface area (Å²) in [6.45, 7) is 9.21. The van der Waals surface area contributed by atoms with Crippen molar-refractivity contribution >= 4 is 23.3 Å². The summed E-state index contributed by atoms with van der Waals surface area (Å²) in [7, 11) is 0. The van der Waals surface area contributed by atoms with Crippen molar-refractivity contribution < 1.29 is 9.59 Å². The lowest BCUT2D eigenvalue weighted by molar-refractivity contribution is -0.142. The SMILES string of the molecule is CCC(C)(C)C(=O)N1CCC(Cc2ccc(NC(=O)C3CN(c4cccnn4)C3)cc2)CC1. The second-order valence-electron chi connectivity index (χ2n) is 10.0. The van der Waals surface area contributed by atoms with E-state index in [4.69, 9.17) is 0 Å². The van der Waals surface area contributed by atoms with Crippen molar-refractivity contribution in [3.8, 4) is 0 Å². The molecule has 0 saturated carbocycles. The molecule has 3 heterocycles. The zero-order valence-corrected chi connectivity index (χ0v) is 20.0. The van der Waals surface area contributed by atoms with Crippen LogP contribution in [-0.2, 0) is 16.0 Å². The van der Waals surface area contributed by atoms with Gasteiger partial charge in [0.05, 0.1) is 5.92 Å². The van der Waals surface area contributed by atoms with Crippen LogP contribution >= 0.6 is 0 Å². The van der Waals surface area contributed by atoms with Crippen LogP contribution < -0.4 is 10.2 Å². The van der Waals surface area contributed by atoms with Crippen LogP contribution in [0.4, 0.5) is 11.5 Å². The third-order valence-corrected chi connectivity index (χ3v) is 7.24. The zero-order chi connectivity index (χ0) is 23.4. The Hall–Kier alpha value is -2.96. The van der Waals surface area contributed by atoms with Crippen LogP contribution in [0.1, 0.15) is 45.6 Å². The van der Waals surface area contributed by atoms with E-state index in [1.807, 2.05) is 43.0 Å². The fourth-order valence-corrected chi connectivity index (χ4v) is 4.51. The number of piperidine rings is 1. The molecule has 0 unspecified atom stereocenters. The number of carbonyl (C=O) groups is 2. The van der Waals surface area contributed by atoms with Gasteiger partial charge in [0, 0.05) is 43.5 Å². The number of benzene rings is 1. The lowest BCUT2D eigenvalue weighted by Gasteiger charge is -2.38.